The molecule has 0 spiro atoms. The van der Waals surface area contributed by atoms with Crippen molar-refractivity contribution in [3.63, 3.8) is 0 Å². The van der Waals surface area contributed by atoms with Crippen molar-refractivity contribution in [3.05, 3.63) is 75.3 Å². The van der Waals surface area contributed by atoms with Crippen molar-refractivity contribution in [1.29, 1.82) is 0 Å². The van der Waals surface area contributed by atoms with Crippen LogP contribution in [0.3, 0.4) is 0 Å². The molecule has 0 aliphatic carbocycles. The van der Waals surface area contributed by atoms with Crippen LogP contribution in [-0.2, 0) is 11.2 Å². The Morgan fingerprint density at radius 2 is 1.79 bits per heavy atom. The molecule has 2 aromatic carbocycles. The summed E-state index contributed by atoms with van der Waals surface area (Å²) < 4.78 is 0. The lowest BCUT2D eigenvalue weighted by atomic mass is 10.0. The molecular formula is C22H29N3O3. The molecule has 1 unspecified atom stereocenters. The van der Waals surface area contributed by atoms with Gasteiger partial charge in [0.05, 0.1) is 11.5 Å². The second kappa shape index (κ2) is 9.99. The zero-order chi connectivity index (χ0) is 20.7. The Hall–Kier alpha value is -2.73. The highest BCUT2D eigenvalue weighted by Gasteiger charge is 2.17. The lowest BCUT2D eigenvalue weighted by Crippen LogP contribution is -2.37. The van der Waals surface area contributed by atoms with Crippen molar-refractivity contribution in [1.82, 2.24) is 10.2 Å². The number of likely N-dealkylation sites (N-methyl/N-ethyl adjacent to an activating group) is 1. The maximum atomic E-state index is 12.2. The van der Waals surface area contributed by atoms with Crippen molar-refractivity contribution in [3.8, 4) is 0 Å². The van der Waals surface area contributed by atoms with E-state index in [4.69, 9.17) is 0 Å². The fourth-order valence-electron chi connectivity index (χ4n) is 2.99. The van der Waals surface area contributed by atoms with Gasteiger partial charge < -0.3 is 5.32 Å². The zero-order valence-electron chi connectivity index (χ0n) is 17.0. The molecule has 6 heteroatoms. The fraction of sp³-hybridized carbons (Fsp3) is 0.409. The number of hydrogen-bond donors (Lipinski definition) is 1. The van der Waals surface area contributed by atoms with E-state index < -0.39 is 4.92 Å². The van der Waals surface area contributed by atoms with Gasteiger partial charge in [0.15, 0.2) is 0 Å². The molecule has 28 heavy (non-hydrogen) atoms. The second-order valence-electron chi connectivity index (χ2n) is 7.44. The molecular weight excluding hydrogens is 354 g/mol. The summed E-state index contributed by atoms with van der Waals surface area (Å²) in [6.07, 6.45) is 0.786. The highest BCUT2D eigenvalue weighted by molar-refractivity contribution is 5.78. The predicted octanol–water partition coefficient (Wildman–Crippen LogP) is 4.07. The van der Waals surface area contributed by atoms with Crippen LogP contribution in [0, 0.1) is 10.1 Å². The predicted molar refractivity (Wildman–Crippen MR) is 111 cm³/mol. The normalized spacial score (nSPS) is 12.2. The first-order chi connectivity index (χ1) is 13.3. The van der Waals surface area contributed by atoms with Crippen LogP contribution >= 0.6 is 0 Å². The van der Waals surface area contributed by atoms with Crippen LogP contribution in [0.15, 0.2) is 48.5 Å². The number of amides is 1. The maximum Gasteiger partial charge on any atom is 0.269 e. The average molecular weight is 383 g/mol. The molecule has 0 saturated heterocycles. The van der Waals surface area contributed by atoms with E-state index in [2.05, 4.69) is 43.4 Å². The third-order valence-electron chi connectivity index (χ3n) is 5.00. The minimum absolute atomic E-state index is 0.0569. The molecule has 1 amide bonds. The van der Waals surface area contributed by atoms with Gasteiger partial charge in [0.25, 0.3) is 5.69 Å². The average Bonchev–Trinajstić information content (AvgIpc) is 2.67. The summed E-state index contributed by atoms with van der Waals surface area (Å²) >= 11 is 0. The Kier molecular flexibility index (Phi) is 7.70. The Morgan fingerprint density at radius 3 is 2.39 bits per heavy atom. The Bertz CT molecular complexity index is 803. The van der Waals surface area contributed by atoms with Gasteiger partial charge in [0.1, 0.15) is 0 Å². The van der Waals surface area contributed by atoms with Gasteiger partial charge in [-0.05, 0) is 43.0 Å². The summed E-state index contributed by atoms with van der Waals surface area (Å²) in [4.78, 5) is 24.6. The first kappa shape index (κ1) is 21.6. The topological polar surface area (TPSA) is 75.5 Å². The summed E-state index contributed by atoms with van der Waals surface area (Å²) in [7, 11) is 1.84. The minimum atomic E-state index is -0.406. The second-order valence-corrected chi connectivity index (χ2v) is 7.44. The van der Waals surface area contributed by atoms with Gasteiger partial charge in [-0.3, -0.25) is 19.8 Å². The summed E-state index contributed by atoms with van der Waals surface area (Å²) in [6.45, 7) is 7.08. The number of rotatable bonds is 9. The van der Waals surface area contributed by atoms with Crippen LogP contribution < -0.4 is 5.32 Å². The van der Waals surface area contributed by atoms with Crippen molar-refractivity contribution in [2.75, 3.05) is 20.1 Å². The van der Waals surface area contributed by atoms with Crippen LogP contribution in [0.1, 0.15) is 49.4 Å². The molecule has 0 bridgehead atoms. The summed E-state index contributed by atoms with van der Waals surface area (Å²) in [5, 5.41) is 13.9. The van der Waals surface area contributed by atoms with Crippen molar-refractivity contribution in [2.24, 2.45) is 0 Å². The van der Waals surface area contributed by atoms with Crippen molar-refractivity contribution < 1.29 is 9.72 Å². The van der Waals surface area contributed by atoms with Gasteiger partial charge in [-0.15, -0.1) is 0 Å². The molecule has 0 saturated carbocycles. The Balaban J connectivity index is 1.81. The fourth-order valence-corrected chi connectivity index (χ4v) is 2.99. The number of carbonyl (C=O) groups excluding carboxylic acids is 1. The van der Waals surface area contributed by atoms with Crippen molar-refractivity contribution in [2.45, 2.75) is 39.2 Å². The lowest BCUT2D eigenvalue weighted by Gasteiger charge is -2.24. The van der Waals surface area contributed by atoms with Crippen LogP contribution in [0.25, 0.3) is 0 Å². The number of non-ortho nitro benzene ring substituents is 1. The van der Waals surface area contributed by atoms with E-state index in [9.17, 15) is 14.9 Å². The van der Waals surface area contributed by atoms with E-state index in [0.717, 1.165) is 12.0 Å². The van der Waals surface area contributed by atoms with E-state index in [-0.39, 0.29) is 24.2 Å². The standard InChI is InChI=1S/C22H29N3O3/c1-16(2)19-10-8-18(9-11-19)12-13-23-22(26)15-24(4)17(3)20-6-5-7-21(14-20)25(27)28/h5-11,14,16-17H,12-13,15H2,1-4H3,(H,23,26). The molecule has 2 aromatic rings. The third-order valence-corrected chi connectivity index (χ3v) is 5.00. The van der Waals surface area contributed by atoms with Crippen LogP contribution in [0.2, 0.25) is 0 Å². The minimum Gasteiger partial charge on any atom is -0.355 e. The third kappa shape index (κ3) is 6.16. The zero-order valence-corrected chi connectivity index (χ0v) is 17.0. The molecule has 0 radical (unpaired) electrons. The first-order valence-corrected chi connectivity index (χ1v) is 9.58. The van der Waals surface area contributed by atoms with E-state index >= 15 is 0 Å². The van der Waals surface area contributed by atoms with Crippen LogP contribution in [0.5, 0.6) is 0 Å². The molecule has 0 aliphatic heterocycles. The maximum absolute atomic E-state index is 12.2. The molecule has 2 rings (SSSR count). The highest BCUT2D eigenvalue weighted by atomic mass is 16.6. The smallest absolute Gasteiger partial charge is 0.269 e. The number of nitrogens with one attached hydrogen (secondary N) is 1. The lowest BCUT2D eigenvalue weighted by molar-refractivity contribution is -0.384. The monoisotopic (exact) mass is 383 g/mol. The van der Waals surface area contributed by atoms with Gasteiger partial charge in [-0.25, -0.2) is 0 Å². The molecule has 0 aromatic heterocycles. The molecule has 0 fully saturated rings. The largest absolute Gasteiger partial charge is 0.355 e. The van der Waals surface area contributed by atoms with Gasteiger partial charge >= 0.3 is 0 Å². The summed E-state index contributed by atoms with van der Waals surface area (Å²) in [5.41, 5.74) is 3.38. The van der Waals surface area contributed by atoms with Gasteiger partial charge in [0, 0.05) is 24.7 Å². The highest BCUT2D eigenvalue weighted by Crippen LogP contribution is 2.22. The summed E-state index contributed by atoms with van der Waals surface area (Å²) in [6, 6.07) is 14.9. The van der Waals surface area contributed by atoms with E-state index in [1.165, 1.54) is 17.2 Å². The first-order valence-electron chi connectivity index (χ1n) is 9.58. The van der Waals surface area contributed by atoms with Gasteiger partial charge in [-0.2, -0.15) is 0 Å². The number of benzene rings is 2. The molecule has 1 atom stereocenters. The molecule has 6 nitrogen and oxygen atoms in total. The Morgan fingerprint density at radius 1 is 1.11 bits per heavy atom. The number of nitro groups is 1. The number of hydrogen-bond acceptors (Lipinski definition) is 4. The Labute approximate surface area is 166 Å². The molecule has 150 valence electrons. The summed E-state index contributed by atoms with van der Waals surface area (Å²) in [5.74, 6) is 0.455. The SMILES string of the molecule is CC(C)c1ccc(CCNC(=O)CN(C)C(C)c2cccc([N+](=O)[O-])c2)cc1. The molecule has 0 heterocycles. The number of carbonyl (C=O) groups is 1. The van der Waals surface area contributed by atoms with E-state index in [1.54, 1.807) is 12.1 Å². The quantitative estimate of drug-likeness (QED) is 0.523. The van der Waals surface area contributed by atoms with E-state index in [0.29, 0.717) is 12.5 Å². The molecule has 0 aliphatic rings. The van der Waals surface area contributed by atoms with E-state index in [1.807, 2.05) is 24.9 Å². The van der Waals surface area contributed by atoms with Gasteiger partial charge in [0.2, 0.25) is 5.91 Å². The van der Waals surface area contributed by atoms with Crippen molar-refractivity contribution >= 4 is 11.6 Å². The number of nitro benzene ring substituents is 1. The number of nitrogens with zero attached hydrogens (tertiary/aromatic N) is 2. The van der Waals surface area contributed by atoms with Gasteiger partial charge in [-0.1, -0.05) is 50.2 Å². The van der Waals surface area contributed by atoms with Crippen LogP contribution in [0.4, 0.5) is 5.69 Å². The van der Waals surface area contributed by atoms with Crippen LogP contribution in [-0.4, -0.2) is 35.9 Å². The molecule has 1 N–H and O–H groups in total.